The van der Waals surface area contributed by atoms with Gasteiger partial charge in [0, 0.05) is 26.6 Å². The maximum Gasteiger partial charge on any atom is 0.128 e. The average Bonchev–Trinajstić information content (AvgIpc) is 2.66. The number of likely N-dealkylation sites (N-methyl/N-ethyl adjacent to an activating group) is 1. The van der Waals surface area contributed by atoms with Crippen LogP contribution in [0.15, 0.2) is 12.4 Å². The Morgan fingerprint density at radius 2 is 2.33 bits per heavy atom. The Bertz CT molecular complexity index is 305. The van der Waals surface area contributed by atoms with E-state index in [-0.39, 0.29) is 11.6 Å². The predicted octanol–water partition coefficient (Wildman–Crippen LogP) is 1.50. The molecule has 4 nitrogen and oxygen atoms in total. The number of hydrogen-bond acceptors (Lipinski definition) is 3. The van der Waals surface area contributed by atoms with E-state index in [1.807, 2.05) is 31.1 Å². The van der Waals surface area contributed by atoms with Gasteiger partial charge in [-0.05, 0) is 20.4 Å². The highest BCUT2D eigenvalue weighted by atomic mass is 16.5. The Morgan fingerprint density at radius 3 is 2.67 bits per heavy atom. The van der Waals surface area contributed by atoms with Crippen LogP contribution in [0.4, 0.5) is 0 Å². The Labute approximate surface area is 91.7 Å². The molecule has 0 fully saturated rings. The maximum absolute atomic E-state index is 5.60. The third kappa shape index (κ3) is 2.21. The zero-order valence-corrected chi connectivity index (χ0v) is 10.2. The monoisotopic (exact) mass is 211 g/mol. The van der Waals surface area contributed by atoms with E-state index in [2.05, 4.69) is 24.1 Å². The topological polar surface area (TPSA) is 39.1 Å². The fourth-order valence-corrected chi connectivity index (χ4v) is 1.83. The molecule has 0 spiro atoms. The standard InChI is InChI=1S/C11H21N3O/c1-6-11(2,15-5)9(12-3)10-13-7-8-14(10)4/h7-9,12H,6H2,1-5H3. The Morgan fingerprint density at radius 1 is 1.67 bits per heavy atom. The van der Waals surface area contributed by atoms with E-state index in [0.29, 0.717) is 0 Å². The zero-order chi connectivity index (χ0) is 11.5. The van der Waals surface area contributed by atoms with E-state index < -0.39 is 0 Å². The van der Waals surface area contributed by atoms with E-state index in [9.17, 15) is 0 Å². The molecule has 1 aromatic heterocycles. The van der Waals surface area contributed by atoms with Gasteiger partial charge in [0.25, 0.3) is 0 Å². The summed E-state index contributed by atoms with van der Waals surface area (Å²) in [5, 5.41) is 3.28. The van der Waals surface area contributed by atoms with E-state index in [4.69, 9.17) is 4.74 Å². The molecule has 0 saturated heterocycles. The van der Waals surface area contributed by atoms with Crippen LogP contribution in [0, 0.1) is 0 Å². The van der Waals surface area contributed by atoms with E-state index >= 15 is 0 Å². The quantitative estimate of drug-likeness (QED) is 0.802. The van der Waals surface area contributed by atoms with Gasteiger partial charge in [-0.2, -0.15) is 0 Å². The van der Waals surface area contributed by atoms with E-state index in [1.165, 1.54) is 0 Å². The molecule has 0 aliphatic carbocycles. The summed E-state index contributed by atoms with van der Waals surface area (Å²) in [7, 11) is 5.68. The minimum atomic E-state index is -0.228. The summed E-state index contributed by atoms with van der Waals surface area (Å²) in [4.78, 5) is 4.37. The smallest absolute Gasteiger partial charge is 0.128 e. The van der Waals surface area contributed by atoms with Crippen molar-refractivity contribution in [3.05, 3.63) is 18.2 Å². The molecule has 86 valence electrons. The van der Waals surface area contributed by atoms with Crippen molar-refractivity contribution in [2.75, 3.05) is 14.2 Å². The Balaban J connectivity index is 3.03. The lowest BCUT2D eigenvalue weighted by molar-refractivity contribution is -0.0309. The molecule has 2 atom stereocenters. The molecule has 0 aromatic carbocycles. The normalized spacial score (nSPS) is 17.4. The average molecular weight is 211 g/mol. The molecule has 0 amide bonds. The van der Waals surface area contributed by atoms with Crippen LogP contribution in [-0.2, 0) is 11.8 Å². The van der Waals surface area contributed by atoms with Gasteiger partial charge in [-0.3, -0.25) is 0 Å². The van der Waals surface area contributed by atoms with Gasteiger partial charge in [0.05, 0.1) is 11.6 Å². The van der Waals surface area contributed by atoms with Crippen LogP contribution < -0.4 is 5.32 Å². The van der Waals surface area contributed by atoms with Gasteiger partial charge in [-0.1, -0.05) is 6.92 Å². The van der Waals surface area contributed by atoms with Gasteiger partial charge >= 0.3 is 0 Å². The van der Waals surface area contributed by atoms with Crippen LogP contribution in [0.1, 0.15) is 32.1 Å². The number of aromatic nitrogens is 2. The van der Waals surface area contributed by atoms with Crippen LogP contribution in [-0.4, -0.2) is 29.3 Å². The first kappa shape index (κ1) is 12.2. The second-order valence-electron chi connectivity index (χ2n) is 3.99. The summed E-state index contributed by atoms with van der Waals surface area (Å²) in [6.45, 7) is 4.22. The Kier molecular flexibility index (Phi) is 3.88. The van der Waals surface area contributed by atoms with Crippen LogP contribution in [0.25, 0.3) is 0 Å². The lowest BCUT2D eigenvalue weighted by atomic mass is 9.92. The molecule has 0 bridgehead atoms. The fourth-order valence-electron chi connectivity index (χ4n) is 1.83. The van der Waals surface area contributed by atoms with E-state index in [1.54, 1.807) is 7.11 Å². The van der Waals surface area contributed by atoms with E-state index in [0.717, 1.165) is 12.2 Å². The molecular formula is C11H21N3O. The molecule has 0 aliphatic rings. The number of rotatable bonds is 5. The van der Waals surface area contributed by atoms with Gasteiger partial charge in [0.15, 0.2) is 0 Å². The molecule has 1 rings (SSSR count). The number of methoxy groups -OCH3 is 1. The number of imidazole rings is 1. The maximum atomic E-state index is 5.60. The number of nitrogens with one attached hydrogen (secondary N) is 1. The van der Waals surface area contributed by atoms with Crippen molar-refractivity contribution in [2.24, 2.45) is 7.05 Å². The summed E-state index contributed by atoms with van der Waals surface area (Å²) in [5.41, 5.74) is -0.228. The molecule has 2 unspecified atom stereocenters. The lowest BCUT2D eigenvalue weighted by Crippen LogP contribution is -2.42. The number of nitrogens with zero attached hydrogens (tertiary/aromatic N) is 2. The Hall–Kier alpha value is -0.870. The molecule has 0 saturated carbocycles. The van der Waals surface area contributed by atoms with Crippen LogP contribution >= 0.6 is 0 Å². The summed E-state index contributed by atoms with van der Waals surface area (Å²) in [6, 6.07) is 0.104. The van der Waals surface area contributed by atoms with Gasteiger partial charge in [-0.25, -0.2) is 4.98 Å². The van der Waals surface area contributed by atoms with Crippen molar-refractivity contribution in [1.29, 1.82) is 0 Å². The first-order valence-corrected chi connectivity index (χ1v) is 5.28. The molecule has 1 N–H and O–H groups in total. The predicted molar refractivity (Wildman–Crippen MR) is 60.7 cm³/mol. The molecule has 1 aromatic rings. The second kappa shape index (κ2) is 4.77. The highest BCUT2D eigenvalue weighted by Crippen LogP contribution is 2.29. The van der Waals surface area contributed by atoms with Crippen molar-refractivity contribution in [3.8, 4) is 0 Å². The highest BCUT2D eigenvalue weighted by molar-refractivity contribution is 5.05. The second-order valence-corrected chi connectivity index (χ2v) is 3.99. The molecule has 0 radical (unpaired) electrons. The molecular weight excluding hydrogens is 190 g/mol. The first-order valence-electron chi connectivity index (χ1n) is 5.28. The first-order chi connectivity index (χ1) is 7.09. The number of ether oxygens (including phenoxy) is 1. The molecule has 15 heavy (non-hydrogen) atoms. The minimum Gasteiger partial charge on any atom is -0.376 e. The third-order valence-electron chi connectivity index (χ3n) is 3.18. The lowest BCUT2D eigenvalue weighted by Gasteiger charge is -2.35. The fraction of sp³-hybridized carbons (Fsp3) is 0.727. The minimum absolute atomic E-state index is 0.104. The van der Waals surface area contributed by atoms with Gasteiger partial charge in [0.1, 0.15) is 5.82 Å². The van der Waals surface area contributed by atoms with Crippen LogP contribution in [0.2, 0.25) is 0 Å². The largest absolute Gasteiger partial charge is 0.376 e. The SMILES string of the molecule is CCC(C)(OC)C(NC)c1nccn1C. The summed E-state index contributed by atoms with van der Waals surface area (Å²) >= 11 is 0. The third-order valence-corrected chi connectivity index (χ3v) is 3.18. The molecule has 4 heteroatoms. The van der Waals surface area contributed by atoms with Crippen LogP contribution in [0.5, 0.6) is 0 Å². The van der Waals surface area contributed by atoms with Gasteiger partial charge < -0.3 is 14.6 Å². The van der Waals surface area contributed by atoms with Crippen molar-refractivity contribution >= 4 is 0 Å². The molecule has 0 aliphatic heterocycles. The summed E-state index contributed by atoms with van der Waals surface area (Å²) in [5.74, 6) is 1.00. The van der Waals surface area contributed by atoms with Crippen molar-refractivity contribution in [3.63, 3.8) is 0 Å². The van der Waals surface area contributed by atoms with Crippen LogP contribution in [0.3, 0.4) is 0 Å². The zero-order valence-electron chi connectivity index (χ0n) is 10.2. The van der Waals surface area contributed by atoms with Crippen molar-refractivity contribution < 1.29 is 4.74 Å². The van der Waals surface area contributed by atoms with Crippen molar-refractivity contribution in [2.45, 2.75) is 31.9 Å². The molecule has 1 heterocycles. The number of aryl methyl sites for hydroxylation is 1. The van der Waals surface area contributed by atoms with Gasteiger partial charge in [-0.15, -0.1) is 0 Å². The van der Waals surface area contributed by atoms with Gasteiger partial charge in [0.2, 0.25) is 0 Å². The highest BCUT2D eigenvalue weighted by Gasteiger charge is 2.35. The van der Waals surface area contributed by atoms with Crippen molar-refractivity contribution in [1.82, 2.24) is 14.9 Å². The summed E-state index contributed by atoms with van der Waals surface area (Å²) in [6.07, 6.45) is 4.69. The summed E-state index contributed by atoms with van der Waals surface area (Å²) < 4.78 is 7.62. The number of hydrogen-bond donors (Lipinski definition) is 1.